The molecule has 1 aliphatic rings. The Morgan fingerprint density at radius 3 is 2.72 bits per heavy atom. The normalized spacial score (nSPS) is 19.3. The summed E-state index contributed by atoms with van der Waals surface area (Å²) < 4.78 is 1.96. The Kier molecular flexibility index (Phi) is 5.33. The van der Waals surface area contributed by atoms with Gasteiger partial charge < -0.3 is 21.4 Å². The van der Waals surface area contributed by atoms with Crippen molar-refractivity contribution >= 4 is 56.9 Å². The monoisotopic (exact) mass is 434 g/mol. The number of nitrogen functional groups attached to an aromatic ring is 1. The highest BCUT2D eigenvalue weighted by Gasteiger charge is 2.29. The van der Waals surface area contributed by atoms with Crippen LogP contribution in [0.4, 0.5) is 10.9 Å². The van der Waals surface area contributed by atoms with Crippen molar-refractivity contribution in [3.8, 4) is 0 Å². The molecular formula is C17H19ClN8O2S. The summed E-state index contributed by atoms with van der Waals surface area (Å²) in [6.07, 6.45) is 4.82. The maximum atomic E-state index is 12.6. The molecule has 3 aromatic heterocycles. The van der Waals surface area contributed by atoms with E-state index in [-0.39, 0.29) is 35.4 Å². The summed E-state index contributed by atoms with van der Waals surface area (Å²) in [5.41, 5.74) is 12.7. The molecule has 0 bridgehead atoms. The zero-order valence-corrected chi connectivity index (χ0v) is 16.9. The number of thiazole rings is 1. The van der Waals surface area contributed by atoms with E-state index in [2.05, 4.69) is 25.3 Å². The summed E-state index contributed by atoms with van der Waals surface area (Å²) in [6.45, 7) is 0. The van der Waals surface area contributed by atoms with E-state index >= 15 is 0 Å². The number of carbonyl (C=O) groups excluding carboxylic acids is 2. The molecule has 0 aromatic carbocycles. The van der Waals surface area contributed by atoms with Gasteiger partial charge in [0, 0.05) is 17.3 Å². The highest BCUT2D eigenvalue weighted by Crippen LogP contribution is 2.35. The van der Waals surface area contributed by atoms with Crippen LogP contribution in [0.2, 0.25) is 5.28 Å². The van der Waals surface area contributed by atoms with E-state index in [1.54, 1.807) is 11.7 Å². The van der Waals surface area contributed by atoms with Gasteiger partial charge in [-0.05, 0) is 37.3 Å². The van der Waals surface area contributed by atoms with Crippen molar-refractivity contribution < 1.29 is 9.59 Å². The van der Waals surface area contributed by atoms with Crippen molar-refractivity contribution in [3.63, 3.8) is 0 Å². The molecule has 0 radical (unpaired) electrons. The Balaban J connectivity index is 1.39. The molecule has 29 heavy (non-hydrogen) atoms. The van der Waals surface area contributed by atoms with Gasteiger partial charge in [-0.1, -0.05) is 0 Å². The van der Waals surface area contributed by atoms with E-state index in [0.717, 1.165) is 25.7 Å². The molecule has 12 heteroatoms. The molecule has 3 heterocycles. The number of fused-ring (bicyclic) bond motifs is 1. The lowest BCUT2D eigenvalue weighted by Gasteiger charge is -2.28. The lowest BCUT2D eigenvalue weighted by molar-refractivity contribution is -0.121. The standard InChI is InChI=1S/C17H19ClN8O2S/c18-16-23-13(20)12-14(24-16)26(7-21-12)10-3-1-8(2-4-10)15(28)25-17-22-9(6-29-17)5-11(19)27/h6-8,10H,1-5H2,(H2,19,27)(H2,20,23,24)(H,22,25,28)/t8-,10+. The Hall–Kier alpha value is -2.79. The van der Waals surface area contributed by atoms with Gasteiger partial charge in [0.1, 0.15) is 5.52 Å². The van der Waals surface area contributed by atoms with E-state index in [0.29, 0.717) is 22.0 Å². The predicted octanol–water partition coefficient (Wildman–Crippen LogP) is 1.92. The van der Waals surface area contributed by atoms with E-state index in [1.165, 1.54) is 11.3 Å². The molecule has 3 aromatic rings. The highest BCUT2D eigenvalue weighted by molar-refractivity contribution is 7.13. The van der Waals surface area contributed by atoms with Gasteiger partial charge in [0.05, 0.1) is 18.4 Å². The van der Waals surface area contributed by atoms with E-state index in [4.69, 9.17) is 23.1 Å². The lowest BCUT2D eigenvalue weighted by atomic mass is 9.85. The van der Waals surface area contributed by atoms with Gasteiger partial charge >= 0.3 is 0 Å². The smallest absolute Gasteiger partial charge is 0.229 e. The molecule has 0 atom stereocenters. The predicted molar refractivity (Wildman–Crippen MR) is 109 cm³/mol. The van der Waals surface area contributed by atoms with Crippen LogP contribution < -0.4 is 16.8 Å². The zero-order chi connectivity index (χ0) is 20.5. The van der Waals surface area contributed by atoms with Crippen LogP contribution in [0.25, 0.3) is 11.2 Å². The third kappa shape index (κ3) is 4.15. The molecule has 10 nitrogen and oxygen atoms in total. The number of hydrogen-bond donors (Lipinski definition) is 3. The second-order valence-corrected chi connectivity index (χ2v) is 8.18. The molecule has 1 fully saturated rings. The van der Waals surface area contributed by atoms with Gasteiger partial charge in [-0.2, -0.15) is 9.97 Å². The number of anilines is 2. The number of rotatable bonds is 5. The first-order valence-corrected chi connectivity index (χ1v) is 10.4. The maximum absolute atomic E-state index is 12.6. The zero-order valence-electron chi connectivity index (χ0n) is 15.3. The van der Waals surface area contributed by atoms with Gasteiger partial charge in [-0.25, -0.2) is 9.97 Å². The summed E-state index contributed by atoms with van der Waals surface area (Å²) in [5.74, 6) is -0.362. The van der Waals surface area contributed by atoms with E-state index < -0.39 is 5.91 Å². The van der Waals surface area contributed by atoms with Crippen LogP contribution in [0.15, 0.2) is 11.7 Å². The maximum Gasteiger partial charge on any atom is 0.229 e. The van der Waals surface area contributed by atoms with Gasteiger partial charge in [0.25, 0.3) is 0 Å². The molecule has 0 aliphatic heterocycles. The molecule has 0 saturated heterocycles. The fourth-order valence-corrected chi connectivity index (χ4v) is 4.51. The van der Waals surface area contributed by atoms with Crippen LogP contribution in [-0.2, 0) is 16.0 Å². The van der Waals surface area contributed by atoms with Crippen LogP contribution >= 0.6 is 22.9 Å². The SMILES string of the molecule is NC(=O)Cc1csc(NC(=O)[C@H]2CC[C@@H](n3cnc4c(N)nc(Cl)nc43)CC2)n1. The largest absolute Gasteiger partial charge is 0.382 e. The van der Waals surface area contributed by atoms with Crippen LogP contribution in [-0.4, -0.2) is 36.3 Å². The Bertz CT molecular complexity index is 1070. The number of amides is 2. The number of hydrogen-bond acceptors (Lipinski definition) is 8. The summed E-state index contributed by atoms with van der Waals surface area (Å²) in [5, 5.41) is 5.13. The summed E-state index contributed by atoms with van der Waals surface area (Å²) >= 11 is 7.22. The first-order valence-electron chi connectivity index (χ1n) is 9.10. The quantitative estimate of drug-likeness (QED) is 0.518. The third-order valence-corrected chi connectivity index (χ3v) is 5.99. The molecule has 1 saturated carbocycles. The fourth-order valence-electron chi connectivity index (χ4n) is 3.63. The second kappa shape index (κ2) is 7.91. The first-order chi connectivity index (χ1) is 13.9. The third-order valence-electron chi connectivity index (χ3n) is 5.02. The average Bonchev–Trinajstić information content (AvgIpc) is 3.28. The Morgan fingerprint density at radius 1 is 1.24 bits per heavy atom. The van der Waals surface area contributed by atoms with Crippen LogP contribution in [0.1, 0.15) is 37.4 Å². The van der Waals surface area contributed by atoms with Gasteiger partial charge in [0.2, 0.25) is 17.1 Å². The average molecular weight is 435 g/mol. The van der Waals surface area contributed by atoms with Gasteiger partial charge in [-0.3, -0.25) is 9.59 Å². The van der Waals surface area contributed by atoms with Crippen molar-refractivity contribution in [3.05, 3.63) is 22.7 Å². The minimum atomic E-state index is -0.452. The van der Waals surface area contributed by atoms with Crippen molar-refractivity contribution in [1.82, 2.24) is 24.5 Å². The molecule has 152 valence electrons. The Labute approximate surface area is 174 Å². The van der Waals surface area contributed by atoms with Crippen LogP contribution in [0.3, 0.4) is 0 Å². The van der Waals surface area contributed by atoms with Gasteiger partial charge in [0.15, 0.2) is 16.6 Å². The summed E-state index contributed by atoms with van der Waals surface area (Å²) in [7, 11) is 0. The van der Waals surface area contributed by atoms with Crippen molar-refractivity contribution in [2.24, 2.45) is 11.7 Å². The summed E-state index contributed by atoms with van der Waals surface area (Å²) in [6, 6.07) is 0.163. The molecule has 1 aliphatic carbocycles. The molecule has 2 amide bonds. The summed E-state index contributed by atoms with van der Waals surface area (Å²) in [4.78, 5) is 40.3. The van der Waals surface area contributed by atoms with Crippen LogP contribution in [0.5, 0.6) is 0 Å². The number of carbonyl (C=O) groups is 2. The molecule has 5 N–H and O–H groups in total. The Morgan fingerprint density at radius 2 is 2.00 bits per heavy atom. The molecular weight excluding hydrogens is 416 g/mol. The van der Waals surface area contributed by atoms with E-state index in [9.17, 15) is 9.59 Å². The molecule has 0 spiro atoms. The number of imidazole rings is 1. The highest BCUT2D eigenvalue weighted by atomic mass is 35.5. The number of nitrogens with one attached hydrogen (secondary N) is 1. The number of primary amides is 1. The van der Waals surface area contributed by atoms with Crippen molar-refractivity contribution in [2.45, 2.75) is 38.1 Å². The second-order valence-electron chi connectivity index (χ2n) is 6.98. The number of aromatic nitrogens is 5. The minimum Gasteiger partial charge on any atom is -0.382 e. The van der Waals surface area contributed by atoms with Crippen LogP contribution in [0, 0.1) is 5.92 Å². The first kappa shape index (κ1) is 19.5. The molecule has 4 rings (SSSR count). The van der Waals surface area contributed by atoms with Gasteiger partial charge in [-0.15, -0.1) is 11.3 Å². The number of halogens is 1. The number of nitrogens with two attached hydrogens (primary N) is 2. The fraction of sp³-hybridized carbons (Fsp3) is 0.412. The van der Waals surface area contributed by atoms with E-state index in [1.807, 2.05) is 4.57 Å². The lowest BCUT2D eigenvalue weighted by Crippen LogP contribution is -2.28. The minimum absolute atomic E-state index is 0.0615. The molecule has 0 unspecified atom stereocenters. The van der Waals surface area contributed by atoms with Crippen molar-refractivity contribution in [1.29, 1.82) is 0 Å². The topological polar surface area (TPSA) is 155 Å². The number of nitrogens with zero attached hydrogens (tertiary/aromatic N) is 5. The van der Waals surface area contributed by atoms with Crippen molar-refractivity contribution in [2.75, 3.05) is 11.1 Å².